The second kappa shape index (κ2) is 13.4. The molecule has 1 heterocycles. The molecule has 1 aromatic carbocycles. The number of carbonyl (C=O) groups excluding carboxylic acids is 1. The molecule has 0 N–H and O–H groups in total. The monoisotopic (exact) mass is 354 g/mol. The Labute approximate surface area is 154 Å². The maximum absolute atomic E-state index is 12.0. The summed E-state index contributed by atoms with van der Waals surface area (Å²) in [5.74, 6) is 0.186. The number of likely N-dealkylation sites (N-methyl/N-ethyl adjacent to an activating group) is 1. The predicted molar refractivity (Wildman–Crippen MR) is 106 cm³/mol. The van der Waals surface area contributed by atoms with Crippen molar-refractivity contribution >= 4 is 17.4 Å². The van der Waals surface area contributed by atoms with Crippen LogP contribution in [0.5, 0.6) is 0 Å². The van der Waals surface area contributed by atoms with E-state index in [4.69, 9.17) is 11.6 Å². The summed E-state index contributed by atoms with van der Waals surface area (Å²) in [5, 5.41) is 0.715. The molecule has 0 radical (unpaired) electrons. The molecule has 1 fully saturated rings. The van der Waals surface area contributed by atoms with Crippen molar-refractivity contribution in [2.75, 3.05) is 39.3 Å². The smallest absolute Gasteiger partial charge is 0.138 e. The molecule has 1 aliphatic heterocycles. The van der Waals surface area contributed by atoms with Crippen LogP contribution in [0.2, 0.25) is 5.02 Å². The van der Waals surface area contributed by atoms with Crippen LogP contribution in [-0.2, 0) is 4.79 Å². The summed E-state index contributed by atoms with van der Waals surface area (Å²) < 4.78 is 0. The van der Waals surface area contributed by atoms with E-state index in [0.717, 1.165) is 44.8 Å². The van der Waals surface area contributed by atoms with Gasteiger partial charge in [-0.1, -0.05) is 58.4 Å². The van der Waals surface area contributed by atoms with E-state index in [1.165, 1.54) is 0 Å². The summed E-state index contributed by atoms with van der Waals surface area (Å²) in [5.41, 5.74) is 1.07. The van der Waals surface area contributed by atoms with Crippen LogP contribution in [0.4, 0.5) is 0 Å². The molecule has 0 aliphatic carbocycles. The molecular weight excluding hydrogens is 320 g/mol. The van der Waals surface area contributed by atoms with Crippen LogP contribution in [0.3, 0.4) is 0 Å². The van der Waals surface area contributed by atoms with Gasteiger partial charge in [0, 0.05) is 37.7 Å². The highest BCUT2D eigenvalue weighted by molar-refractivity contribution is 6.30. The highest BCUT2D eigenvalue weighted by atomic mass is 35.5. The molecule has 24 heavy (non-hydrogen) atoms. The molecule has 1 aromatic rings. The first kappa shape index (κ1) is 23.1. The van der Waals surface area contributed by atoms with E-state index in [9.17, 15) is 4.79 Å². The summed E-state index contributed by atoms with van der Waals surface area (Å²) in [4.78, 5) is 16.8. The molecule has 3 nitrogen and oxygen atoms in total. The molecular formula is C20H35ClN2O. The van der Waals surface area contributed by atoms with Crippen LogP contribution < -0.4 is 0 Å². The lowest BCUT2D eigenvalue weighted by molar-refractivity contribution is -0.119. The maximum atomic E-state index is 12.0. The minimum absolute atomic E-state index is 0.0413. The summed E-state index contributed by atoms with van der Waals surface area (Å²) in [6, 6.07) is 7.66. The van der Waals surface area contributed by atoms with Crippen LogP contribution in [0.25, 0.3) is 0 Å². The third-order valence-electron chi connectivity index (χ3n) is 4.12. The zero-order valence-corrected chi connectivity index (χ0v) is 17.1. The SMILES string of the molecule is CC.CC.CCN1CCN(CC(C(C)=O)c2ccc(Cl)cc2)CC1. The van der Waals surface area contributed by atoms with Crippen molar-refractivity contribution in [3.63, 3.8) is 0 Å². The third kappa shape index (κ3) is 7.78. The molecule has 0 bridgehead atoms. The first-order valence-corrected chi connectivity index (χ1v) is 9.68. The largest absolute Gasteiger partial charge is 0.301 e. The van der Waals surface area contributed by atoms with E-state index in [1.807, 2.05) is 52.0 Å². The van der Waals surface area contributed by atoms with E-state index in [0.29, 0.717) is 5.02 Å². The average Bonchev–Trinajstić information content (AvgIpc) is 2.64. The van der Waals surface area contributed by atoms with Gasteiger partial charge >= 0.3 is 0 Å². The second-order valence-electron chi connectivity index (χ2n) is 5.45. The molecule has 0 saturated carbocycles. The van der Waals surface area contributed by atoms with Crippen molar-refractivity contribution in [1.29, 1.82) is 0 Å². The van der Waals surface area contributed by atoms with Gasteiger partial charge in [-0.05, 0) is 31.2 Å². The fourth-order valence-electron chi connectivity index (χ4n) is 2.71. The minimum Gasteiger partial charge on any atom is -0.301 e. The Balaban J connectivity index is 0.00000123. The summed E-state index contributed by atoms with van der Waals surface area (Å²) >= 11 is 5.92. The maximum Gasteiger partial charge on any atom is 0.138 e. The number of benzene rings is 1. The fraction of sp³-hybridized carbons (Fsp3) is 0.650. The van der Waals surface area contributed by atoms with Crippen LogP contribution >= 0.6 is 11.6 Å². The van der Waals surface area contributed by atoms with Crippen molar-refractivity contribution in [3.05, 3.63) is 34.9 Å². The lowest BCUT2D eigenvalue weighted by Crippen LogP contribution is -2.47. The van der Waals surface area contributed by atoms with Gasteiger partial charge in [0.2, 0.25) is 0 Å². The molecule has 0 spiro atoms. The number of hydrogen-bond donors (Lipinski definition) is 0. The summed E-state index contributed by atoms with van der Waals surface area (Å²) in [6.07, 6.45) is 0. The molecule has 0 aromatic heterocycles. The quantitative estimate of drug-likeness (QED) is 0.765. The van der Waals surface area contributed by atoms with Gasteiger partial charge in [0.1, 0.15) is 5.78 Å². The van der Waals surface area contributed by atoms with Gasteiger partial charge in [-0.15, -0.1) is 0 Å². The van der Waals surface area contributed by atoms with Crippen LogP contribution in [0, 0.1) is 0 Å². The normalized spacial score (nSPS) is 16.3. The third-order valence-corrected chi connectivity index (χ3v) is 4.37. The van der Waals surface area contributed by atoms with Crippen molar-refractivity contribution in [1.82, 2.24) is 9.80 Å². The number of Topliss-reactive ketones (excluding diaryl/α,β-unsaturated/α-hetero) is 1. The Morgan fingerprint density at radius 1 is 1.00 bits per heavy atom. The average molecular weight is 355 g/mol. The summed E-state index contributed by atoms with van der Waals surface area (Å²) in [7, 11) is 0. The Bertz CT molecular complexity index is 439. The van der Waals surface area contributed by atoms with Crippen molar-refractivity contribution in [2.24, 2.45) is 0 Å². The van der Waals surface area contributed by atoms with Crippen LogP contribution in [-0.4, -0.2) is 54.9 Å². The van der Waals surface area contributed by atoms with Crippen LogP contribution in [0.1, 0.15) is 53.0 Å². The van der Waals surface area contributed by atoms with Crippen molar-refractivity contribution < 1.29 is 4.79 Å². The molecule has 1 unspecified atom stereocenters. The first-order valence-electron chi connectivity index (χ1n) is 9.30. The zero-order valence-electron chi connectivity index (χ0n) is 16.3. The van der Waals surface area contributed by atoms with E-state index >= 15 is 0 Å². The van der Waals surface area contributed by atoms with Gasteiger partial charge in [0.05, 0.1) is 5.92 Å². The number of piperazine rings is 1. The number of hydrogen-bond acceptors (Lipinski definition) is 3. The highest BCUT2D eigenvalue weighted by Crippen LogP contribution is 2.21. The van der Waals surface area contributed by atoms with Gasteiger partial charge in [-0.25, -0.2) is 0 Å². The molecule has 2 rings (SSSR count). The van der Waals surface area contributed by atoms with Crippen molar-refractivity contribution in [2.45, 2.75) is 47.5 Å². The van der Waals surface area contributed by atoms with Gasteiger partial charge in [0.25, 0.3) is 0 Å². The van der Waals surface area contributed by atoms with Gasteiger partial charge < -0.3 is 4.90 Å². The van der Waals surface area contributed by atoms with Gasteiger partial charge in [-0.2, -0.15) is 0 Å². The summed E-state index contributed by atoms with van der Waals surface area (Å²) in [6.45, 7) is 18.1. The van der Waals surface area contributed by atoms with E-state index in [2.05, 4.69) is 16.7 Å². The van der Waals surface area contributed by atoms with E-state index in [-0.39, 0.29) is 11.7 Å². The van der Waals surface area contributed by atoms with E-state index < -0.39 is 0 Å². The predicted octanol–water partition coefficient (Wildman–Crippen LogP) is 4.70. The Hall–Kier alpha value is -0.900. The minimum atomic E-state index is -0.0413. The standard InChI is InChI=1S/C16H23ClN2O.2C2H6/c1-3-18-8-10-19(11-9-18)12-16(13(2)20)14-4-6-15(17)7-5-14;2*1-2/h4-7,16H,3,8-12H2,1-2H3;2*1-2H3. The Morgan fingerprint density at radius 2 is 1.46 bits per heavy atom. The number of ketones is 1. The number of carbonyl (C=O) groups is 1. The Kier molecular flexibility index (Phi) is 12.9. The van der Waals surface area contributed by atoms with E-state index in [1.54, 1.807) is 6.92 Å². The lowest BCUT2D eigenvalue weighted by atomic mass is 9.94. The Morgan fingerprint density at radius 3 is 1.88 bits per heavy atom. The van der Waals surface area contributed by atoms with Crippen molar-refractivity contribution in [3.8, 4) is 0 Å². The second-order valence-corrected chi connectivity index (χ2v) is 5.89. The zero-order chi connectivity index (χ0) is 18.5. The molecule has 1 aliphatic rings. The topological polar surface area (TPSA) is 23.6 Å². The van der Waals surface area contributed by atoms with Crippen LogP contribution in [0.15, 0.2) is 24.3 Å². The molecule has 1 atom stereocenters. The van der Waals surface area contributed by atoms with Gasteiger partial charge in [0.15, 0.2) is 0 Å². The molecule has 138 valence electrons. The number of nitrogens with zero attached hydrogens (tertiary/aromatic N) is 2. The number of halogens is 1. The number of rotatable bonds is 5. The highest BCUT2D eigenvalue weighted by Gasteiger charge is 2.23. The molecule has 4 heteroatoms. The molecule has 0 amide bonds. The first-order chi connectivity index (χ1) is 11.6. The van der Waals surface area contributed by atoms with Gasteiger partial charge in [-0.3, -0.25) is 9.69 Å². The fourth-order valence-corrected chi connectivity index (χ4v) is 2.84. The molecule has 1 saturated heterocycles. The lowest BCUT2D eigenvalue weighted by Gasteiger charge is -2.35.